The maximum atomic E-state index is 12.6. The summed E-state index contributed by atoms with van der Waals surface area (Å²) < 4.78 is 5.38. The van der Waals surface area contributed by atoms with Crippen LogP contribution >= 0.6 is 0 Å². The van der Waals surface area contributed by atoms with Crippen molar-refractivity contribution in [1.82, 2.24) is 4.90 Å². The van der Waals surface area contributed by atoms with Crippen molar-refractivity contribution in [2.45, 2.75) is 19.9 Å². The molecule has 0 unspecified atom stereocenters. The smallest absolute Gasteiger partial charge is 0.339 e. The minimum Gasteiger partial charge on any atom is -0.493 e. The van der Waals surface area contributed by atoms with E-state index in [9.17, 15) is 14.7 Å². The topological polar surface area (TPSA) is 66.8 Å². The Kier molecular flexibility index (Phi) is 4.51. The number of ether oxygens (including phenoxy) is 1. The summed E-state index contributed by atoms with van der Waals surface area (Å²) in [6.07, 6.45) is 0.769. The summed E-state index contributed by atoms with van der Waals surface area (Å²) in [4.78, 5) is 25.7. The molecule has 0 aliphatic carbocycles. The number of nitrogens with zero attached hydrogens (tertiary/aromatic N) is 1. The van der Waals surface area contributed by atoms with Crippen LogP contribution < -0.4 is 4.74 Å². The summed E-state index contributed by atoms with van der Waals surface area (Å²) in [5.74, 6) is -0.864. The summed E-state index contributed by atoms with van der Waals surface area (Å²) in [5.41, 5.74) is 2.56. The Balaban J connectivity index is 1.80. The highest BCUT2D eigenvalue weighted by Gasteiger charge is 2.30. The van der Waals surface area contributed by atoms with Crippen molar-refractivity contribution < 1.29 is 19.4 Å². The fourth-order valence-electron chi connectivity index (χ4n) is 2.93. The molecule has 0 saturated carbocycles. The van der Waals surface area contributed by atoms with Crippen molar-refractivity contribution in [2.24, 2.45) is 0 Å². The molecule has 1 N–H and O–H groups in total. The maximum Gasteiger partial charge on any atom is 0.339 e. The van der Waals surface area contributed by atoms with Crippen LogP contribution in [0.2, 0.25) is 0 Å². The highest BCUT2D eigenvalue weighted by atomic mass is 16.5. The van der Waals surface area contributed by atoms with Crippen molar-refractivity contribution in [3.8, 4) is 5.75 Å². The van der Waals surface area contributed by atoms with E-state index in [1.807, 2.05) is 30.3 Å². The van der Waals surface area contributed by atoms with Crippen LogP contribution in [0.25, 0.3) is 0 Å². The first-order chi connectivity index (χ1) is 11.6. The SMILES string of the molecule is CCOc1cc2c(cc1C(=O)O)CN(CCc1ccccc1)C2=O. The van der Waals surface area contributed by atoms with Crippen molar-refractivity contribution in [3.63, 3.8) is 0 Å². The number of rotatable bonds is 6. The van der Waals surface area contributed by atoms with E-state index in [0.29, 0.717) is 25.3 Å². The second-order valence-electron chi connectivity index (χ2n) is 5.71. The molecule has 3 rings (SSSR count). The van der Waals surface area contributed by atoms with Gasteiger partial charge in [0.25, 0.3) is 5.91 Å². The van der Waals surface area contributed by atoms with Crippen molar-refractivity contribution in [2.75, 3.05) is 13.2 Å². The minimum absolute atomic E-state index is 0.0705. The largest absolute Gasteiger partial charge is 0.493 e. The Hall–Kier alpha value is -2.82. The average molecular weight is 325 g/mol. The number of carboxylic acid groups (broad SMARTS) is 1. The molecular formula is C19H19NO4. The Morgan fingerprint density at radius 1 is 1.25 bits per heavy atom. The van der Waals surface area contributed by atoms with Gasteiger partial charge in [-0.15, -0.1) is 0 Å². The minimum atomic E-state index is -1.04. The lowest BCUT2D eigenvalue weighted by Gasteiger charge is -2.15. The van der Waals surface area contributed by atoms with Crippen LogP contribution in [0, 0.1) is 0 Å². The lowest BCUT2D eigenvalue weighted by atomic mass is 10.0. The second-order valence-corrected chi connectivity index (χ2v) is 5.71. The fourth-order valence-corrected chi connectivity index (χ4v) is 2.93. The predicted molar refractivity (Wildman–Crippen MR) is 89.5 cm³/mol. The van der Waals surface area contributed by atoms with Crippen molar-refractivity contribution in [3.05, 3.63) is 64.7 Å². The molecular weight excluding hydrogens is 306 g/mol. The van der Waals surface area contributed by atoms with Crippen molar-refractivity contribution in [1.29, 1.82) is 0 Å². The molecule has 2 aromatic rings. The quantitative estimate of drug-likeness (QED) is 0.886. The zero-order valence-electron chi connectivity index (χ0n) is 13.5. The van der Waals surface area contributed by atoms with Crippen LogP contribution in [-0.2, 0) is 13.0 Å². The molecule has 0 aromatic heterocycles. The van der Waals surface area contributed by atoms with Gasteiger partial charge >= 0.3 is 5.97 Å². The zero-order chi connectivity index (χ0) is 17.1. The van der Waals surface area contributed by atoms with Gasteiger partial charge in [0.05, 0.1) is 6.61 Å². The number of carboxylic acids is 1. The number of hydrogen-bond donors (Lipinski definition) is 1. The lowest BCUT2D eigenvalue weighted by molar-refractivity contribution is 0.0691. The number of carbonyl (C=O) groups is 2. The highest BCUT2D eigenvalue weighted by Crippen LogP contribution is 2.30. The van der Waals surface area contributed by atoms with Gasteiger partial charge in [0.2, 0.25) is 0 Å². The van der Waals surface area contributed by atoms with Gasteiger partial charge in [0.1, 0.15) is 11.3 Å². The molecule has 0 atom stereocenters. The number of aromatic carboxylic acids is 1. The fraction of sp³-hybridized carbons (Fsp3) is 0.263. The van der Waals surface area contributed by atoms with Gasteiger partial charge in [-0.1, -0.05) is 30.3 Å². The molecule has 0 bridgehead atoms. The molecule has 24 heavy (non-hydrogen) atoms. The van der Waals surface area contributed by atoms with Gasteiger partial charge in [-0.25, -0.2) is 4.79 Å². The van der Waals surface area contributed by atoms with E-state index in [0.717, 1.165) is 12.0 Å². The summed E-state index contributed by atoms with van der Waals surface area (Å²) in [6.45, 7) is 3.18. The number of carbonyl (C=O) groups excluding carboxylic acids is 1. The summed E-state index contributed by atoms with van der Waals surface area (Å²) >= 11 is 0. The van der Waals surface area contributed by atoms with Crippen LogP contribution in [0.1, 0.15) is 38.8 Å². The Morgan fingerprint density at radius 2 is 2.00 bits per heavy atom. The molecule has 1 aliphatic rings. The van der Waals surface area contributed by atoms with E-state index in [-0.39, 0.29) is 17.2 Å². The van der Waals surface area contributed by atoms with Crippen LogP contribution in [0.3, 0.4) is 0 Å². The van der Waals surface area contributed by atoms with Gasteiger partial charge in [0, 0.05) is 18.7 Å². The number of benzene rings is 2. The van der Waals surface area contributed by atoms with Gasteiger partial charge in [-0.05, 0) is 36.6 Å². The molecule has 5 nitrogen and oxygen atoms in total. The van der Waals surface area contributed by atoms with Crippen LogP contribution in [0.15, 0.2) is 42.5 Å². The molecule has 0 saturated heterocycles. The number of amides is 1. The molecule has 2 aromatic carbocycles. The lowest BCUT2D eigenvalue weighted by Crippen LogP contribution is -2.26. The third-order valence-electron chi connectivity index (χ3n) is 4.13. The van der Waals surface area contributed by atoms with E-state index in [1.165, 1.54) is 5.56 Å². The summed E-state index contributed by atoms with van der Waals surface area (Å²) in [6, 6.07) is 13.1. The first kappa shape index (κ1) is 16.1. The third kappa shape index (κ3) is 3.11. The Morgan fingerprint density at radius 3 is 2.67 bits per heavy atom. The van der Waals surface area contributed by atoms with Gasteiger partial charge in [-0.3, -0.25) is 4.79 Å². The van der Waals surface area contributed by atoms with Crippen LogP contribution in [-0.4, -0.2) is 35.0 Å². The monoisotopic (exact) mass is 325 g/mol. The van der Waals surface area contributed by atoms with E-state index >= 15 is 0 Å². The summed E-state index contributed by atoms with van der Waals surface area (Å²) in [5, 5.41) is 9.33. The first-order valence-corrected chi connectivity index (χ1v) is 7.96. The predicted octanol–water partition coefficient (Wildman–Crippen LogP) is 2.98. The average Bonchev–Trinajstić information content (AvgIpc) is 2.89. The molecule has 0 spiro atoms. The second kappa shape index (κ2) is 6.74. The van der Waals surface area contributed by atoms with Gasteiger partial charge in [-0.2, -0.15) is 0 Å². The van der Waals surface area contributed by atoms with Crippen LogP contribution in [0.5, 0.6) is 5.75 Å². The Labute approximate surface area is 140 Å². The number of hydrogen-bond acceptors (Lipinski definition) is 3. The van der Waals surface area contributed by atoms with E-state index in [4.69, 9.17) is 4.74 Å². The molecule has 124 valence electrons. The Bertz CT molecular complexity index is 770. The van der Waals surface area contributed by atoms with Gasteiger partial charge < -0.3 is 14.7 Å². The van der Waals surface area contributed by atoms with E-state index < -0.39 is 5.97 Å². The molecule has 0 radical (unpaired) electrons. The highest BCUT2D eigenvalue weighted by molar-refractivity contribution is 6.01. The molecule has 1 aliphatic heterocycles. The molecule has 0 fully saturated rings. The maximum absolute atomic E-state index is 12.6. The molecule has 5 heteroatoms. The van der Waals surface area contributed by atoms with Crippen LogP contribution in [0.4, 0.5) is 0 Å². The van der Waals surface area contributed by atoms with E-state index in [2.05, 4.69) is 0 Å². The van der Waals surface area contributed by atoms with Crippen molar-refractivity contribution >= 4 is 11.9 Å². The molecule has 1 heterocycles. The molecule has 1 amide bonds. The normalized spacial score (nSPS) is 13.0. The van der Waals surface area contributed by atoms with E-state index in [1.54, 1.807) is 24.0 Å². The summed E-state index contributed by atoms with van der Waals surface area (Å²) in [7, 11) is 0. The first-order valence-electron chi connectivity index (χ1n) is 7.96. The number of fused-ring (bicyclic) bond motifs is 1. The zero-order valence-corrected chi connectivity index (χ0v) is 13.5. The third-order valence-corrected chi connectivity index (χ3v) is 4.13. The van der Waals surface area contributed by atoms with Gasteiger partial charge in [0.15, 0.2) is 0 Å². The standard InChI is InChI=1S/C19H19NO4/c1-2-24-17-11-15-14(10-16(17)19(22)23)12-20(18(15)21)9-8-13-6-4-3-5-7-13/h3-7,10-11H,2,8-9,12H2,1H3,(H,22,23).